The van der Waals surface area contributed by atoms with Crippen LogP contribution in [0.2, 0.25) is 0 Å². The third kappa shape index (κ3) is 5.19. The van der Waals surface area contributed by atoms with Crippen LogP contribution in [0.5, 0.6) is 5.75 Å². The first kappa shape index (κ1) is 14.3. The minimum absolute atomic E-state index is 0.761. The first-order valence-electron chi connectivity index (χ1n) is 7.02. The molecular formula is C15H24N2O2. The average Bonchev–Trinajstić information content (AvgIpc) is 2.47. The van der Waals surface area contributed by atoms with Crippen LogP contribution in [0.1, 0.15) is 5.56 Å². The molecule has 19 heavy (non-hydrogen) atoms. The molecule has 0 aromatic heterocycles. The highest BCUT2D eigenvalue weighted by molar-refractivity contribution is 5.27. The number of hydrogen-bond donors (Lipinski definition) is 1. The van der Waals surface area contributed by atoms with Crippen LogP contribution < -0.4 is 10.1 Å². The van der Waals surface area contributed by atoms with Crippen molar-refractivity contribution in [2.75, 3.05) is 53.0 Å². The van der Waals surface area contributed by atoms with Crippen molar-refractivity contribution in [3.8, 4) is 5.75 Å². The molecule has 1 aromatic rings. The van der Waals surface area contributed by atoms with E-state index in [4.69, 9.17) is 9.47 Å². The first-order valence-corrected chi connectivity index (χ1v) is 7.02. The Hall–Kier alpha value is -1.10. The Balaban J connectivity index is 1.67. The van der Waals surface area contributed by atoms with Gasteiger partial charge >= 0.3 is 0 Å². The fourth-order valence-electron chi connectivity index (χ4n) is 2.20. The Labute approximate surface area is 115 Å². The second-order valence-corrected chi connectivity index (χ2v) is 4.83. The Morgan fingerprint density at radius 2 is 1.84 bits per heavy atom. The molecule has 0 unspecified atom stereocenters. The van der Waals surface area contributed by atoms with Gasteiger partial charge in [0.1, 0.15) is 12.4 Å². The number of piperazine rings is 1. The van der Waals surface area contributed by atoms with Crippen LogP contribution in [0.4, 0.5) is 0 Å². The van der Waals surface area contributed by atoms with Gasteiger partial charge in [-0.05, 0) is 24.1 Å². The molecule has 0 amide bonds. The van der Waals surface area contributed by atoms with Gasteiger partial charge in [0.05, 0.1) is 6.61 Å². The van der Waals surface area contributed by atoms with E-state index in [1.54, 1.807) is 7.11 Å². The SMILES string of the molecule is COCCc1ccc(OCCN2CCNCC2)cc1. The Morgan fingerprint density at radius 1 is 1.11 bits per heavy atom. The number of ether oxygens (including phenoxy) is 2. The number of nitrogens with zero attached hydrogens (tertiary/aromatic N) is 1. The molecule has 0 spiro atoms. The maximum atomic E-state index is 5.77. The predicted molar refractivity (Wildman–Crippen MR) is 76.8 cm³/mol. The molecule has 0 atom stereocenters. The summed E-state index contributed by atoms with van der Waals surface area (Å²) in [5.74, 6) is 0.955. The Kier molecular flexibility index (Phi) is 6.14. The van der Waals surface area contributed by atoms with Crippen LogP contribution in [0.25, 0.3) is 0 Å². The molecule has 0 saturated carbocycles. The summed E-state index contributed by atoms with van der Waals surface area (Å²) < 4.78 is 10.8. The summed E-state index contributed by atoms with van der Waals surface area (Å²) in [7, 11) is 1.73. The normalized spacial score (nSPS) is 16.5. The van der Waals surface area contributed by atoms with Gasteiger partial charge in [0, 0.05) is 39.8 Å². The van der Waals surface area contributed by atoms with E-state index in [-0.39, 0.29) is 0 Å². The van der Waals surface area contributed by atoms with Crippen molar-refractivity contribution in [3.05, 3.63) is 29.8 Å². The number of benzene rings is 1. The number of methoxy groups -OCH3 is 1. The zero-order valence-corrected chi connectivity index (χ0v) is 11.7. The minimum atomic E-state index is 0.761. The summed E-state index contributed by atoms with van der Waals surface area (Å²) in [5, 5.41) is 3.35. The molecule has 0 bridgehead atoms. The van der Waals surface area contributed by atoms with Crippen molar-refractivity contribution in [1.82, 2.24) is 10.2 Å². The maximum absolute atomic E-state index is 5.77. The molecule has 0 radical (unpaired) electrons. The zero-order chi connectivity index (χ0) is 13.3. The fourth-order valence-corrected chi connectivity index (χ4v) is 2.20. The highest BCUT2D eigenvalue weighted by Gasteiger charge is 2.08. The van der Waals surface area contributed by atoms with Gasteiger partial charge in [0.25, 0.3) is 0 Å². The van der Waals surface area contributed by atoms with Crippen molar-refractivity contribution in [3.63, 3.8) is 0 Å². The summed E-state index contributed by atoms with van der Waals surface area (Å²) >= 11 is 0. The standard InChI is InChI=1S/C15H24N2O2/c1-18-12-6-14-2-4-15(5-3-14)19-13-11-17-9-7-16-8-10-17/h2-5,16H,6-13H2,1H3. The number of hydrogen-bond acceptors (Lipinski definition) is 4. The lowest BCUT2D eigenvalue weighted by molar-refractivity contribution is 0.191. The van der Waals surface area contributed by atoms with E-state index in [1.165, 1.54) is 5.56 Å². The van der Waals surface area contributed by atoms with Crippen molar-refractivity contribution in [2.24, 2.45) is 0 Å². The van der Waals surface area contributed by atoms with Crippen LogP contribution in [0, 0.1) is 0 Å². The summed E-state index contributed by atoms with van der Waals surface area (Å²) in [6.45, 7) is 6.97. The Bertz CT molecular complexity index is 348. The molecule has 4 heteroatoms. The lowest BCUT2D eigenvalue weighted by Crippen LogP contribution is -2.44. The molecule has 1 aromatic carbocycles. The fraction of sp³-hybridized carbons (Fsp3) is 0.600. The van der Waals surface area contributed by atoms with Gasteiger partial charge in [0.2, 0.25) is 0 Å². The second-order valence-electron chi connectivity index (χ2n) is 4.83. The van der Waals surface area contributed by atoms with Gasteiger partial charge in [-0.3, -0.25) is 4.90 Å². The van der Waals surface area contributed by atoms with Gasteiger partial charge in [-0.1, -0.05) is 12.1 Å². The minimum Gasteiger partial charge on any atom is -0.492 e. The monoisotopic (exact) mass is 264 g/mol. The van der Waals surface area contributed by atoms with Crippen LogP contribution in [-0.4, -0.2) is 57.9 Å². The molecule has 106 valence electrons. The quantitative estimate of drug-likeness (QED) is 0.801. The predicted octanol–water partition coefficient (Wildman–Crippen LogP) is 1.16. The zero-order valence-electron chi connectivity index (χ0n) is 11.7. The summed E-state index contributed by atoms with van der Waals surface area (Å²) in [6.07, 6.45) is 0.956. The van der Waals surface area contributed by atoms with Gasteiger partial charge < -0.3 is 14.8 Å². The third-order valence-corrected chi connectivity index (χ3v) is 3.40. The van der Waals surface area contributed by atoms with E-state index < -0.39 is 0 Å². The van der Waals surface area contributed by atoms with Crippen molar-refractivity contribution in [2.45, 2.75) is 6.42 Å². The summed E-state index contributed by atoms with van der Waals surface area (Å²) in [5.41, 5.74) is 1.29. The molecule has 1 aliphatic rings. The Morgan fingerprint density at radius 3 is 2.53 bits per heavy atom. The van der Waals surface area contributed by atoms with Crippen molar-refractivity contribution in [1.29, 1.82) is 0 Å². The number of rotatable bonds is 7. The molecule has 2 rings (SSSR count). The molecule has 1 heterocycles. The van der Waals surface area contributed by atoms with Gasteiger partial charge in [-0.25, -0.2) is 0 Å². The topological polar surface area (TPSA) is 33.7 Å². The van der Waals surface area contributed by atoms with Gasteiger partial charge in [0.15, 0.2) is 0 Å². The molecule has 4 nitrogen and oxygen atoms in total. The van der Waals surface area contributed by atoms with Crippen LogP contribution >= 0.6 is 0 Å². The molecular weight excluding hydrogens is 240 g/mol. The van der Waals surface area contributed by atoms with Crippen molar-refractivity contribution >= 4 is 0 Å². The number of nitrogens with one attached hydrogen (secondary N) is 1. The molecule has 1 N–H and O–H groups in total. The van der Waals surface area contributed by atoms with E-state index in [0.717, 1.165) is 58.1 Å². The van der Waals surface area contributed by atoms with Crippen LogP contribution in [0.15, 0.2) is 24.3 Å². The summed E-state index contributed by atoms with van der Waals surface area (Å²) in [6, 6.07) is 8.31. The van der Waals surface area contributed by atoms with Crippen LogP contribution in [0.3, 0.4) is 0 Å². The smallest absolute Gasteiger partial charge is 0.119 e. The molecule has 1 aliphatic heterocycles. The lowest BCUT2D eigenvalue weighted by Gasteiger charge is -2.26. The first-order chi connectivity index (χ1) is 9.38. The highest BCUT2D eigenvalue weighted by Crippen LogP contribution is 2.12. The van der Waals surface area contributed by atoms with Crippen molar-refractivity contribution < 1.29 is 9.47 Å². The van der Waals surface area contributed by atoms with Crippen LogP contribution in [-0.2, 0) is 11.2 Å². The average molecular weight is 264 g/mol. The highest BCUT2D eigenvalue weighted by atomic mass is 16.5. The third-order valence-electron chi connectivity index (χ3n) is 3.40. The largest absolute Gasteiger partial charge is 0.492 e. The maximum Gasteiger partial charge on any atom is 0.119 e. The van der Waals surface area contributed by atoms with E-state index in [2.05, 4.69) is 22.3 Å². The van der Waals surface area contributed by atoms with E-state index >= 15 is 0 Å². The molecule has 1 saturated heterocycles. The second kappa shape index (κ2) is 8.15. The van der Waals surface area contributed by atoms with Gasteiger partial charge in [-0.15, -0.1) is 0 Å². The van der Waals surface area contributed by atoms with Gasteiger partial charge in [-0.2, -0.15) is 0 Å². The summed E-state index contributed by atoms with van der Waals surface area (Å²) in [4.78, 5) is 2.43. The van der Waals surface area contributed by atoms with E-state index in [9.17, 15) is 0 Å². The van der Waals surface area contributed by atoms with E-state index in [1.807, 2.05) is 12.1 Å². The molecule has 0 aliphatic carbocycles. The lowest BCUT2D eigenvalue weighted by atomic mass is 10.1. The molecule has 1 fully saturated rings. The van der Waals surface area contributed by atoms with E-state index in [0.29, 0.717) is 0 Å².